The number of benzene rings is 3. The van der Waals surface area contributed by atoms with E-state index in [2.05, 4.69) is 4.90 Å². The molecule has 210 valence electrons. The molecule has 3 aromatic carbocycles. The normalized spacial score (nSPS) is 14.1. The first kappa shape index (κ1) is 30.8. The zero-order valence-corrected chi connectivity index (χ0v) is 24.0. The van der Waals surface area contributed by atoms with Crippen molar-refractivity contribution in [2.75, 3.05) is 26.2 Å². The standard InChI is InChI=1S/C28H32ClN3O5S.ClH/c29-25-11-15-27(16-12-25)38(35,36)31(21-23-9-13-26(14-10-23)32(33)34)22-24-7-2-3-8-28(24)37-20-6-19-30-17-4-1-5-18-30;/h2-3,7-16H,1,4-6,17-22H2;1H. The van der Waals surface area contributed by atoms with Gasteiger partial charge in [-0.05, 0) is 68.2 Å². The van der Waals surface area contributed by atoms with Crippen LogP contribution >= 0.6 is 24.0 Å². The molecular formula is C28H33Cl2N3O5S. The molecule has 0 saturated carbocycles. The van der Waals surface area contributed by atoms with Gasteiger partial charge in [0.05, 0.1) is 16.4 Å². The average Bonchev–Trinajstić information content (AvgIpc) is 2.92. The second-order valence-corrected chi connectivity index (χ2v) is 11.7. The highest BCUT2D eigenvalue weighted by Gasteiger charge is 2.26. The Morgan fingerprint density at radius 1 is 0.923 bits per heavy atom. The van der Waals surface area contributed by atoms with Gasteiger partial charge in [0.1, 0.15) is 5.75 Å². The maximum absolute atomic E-state index is 13.7. The number of nitrogens with zero attached hydrogens (tertiary/aromatic N) is 3. The molecule has 39 heavy (non-hydrogen) atoms. The number of sulfonamides is 1. The Morgan fingerprint density at radius 2 is 1.59 bits per heavy atom. The molecule has 0 unspecified atom stereocenters. The molecule has 1 fully saturated rings. The largest absolute Gasteiger partial charge is 0.493 e. The SMILES string of the molecule is Cl.O=[N+]([O-])c1ccc(CN(Cc2ccccc2OCCCN2CCCCC2)S(=O)(=O)c2ccc(Cl)cc2)cc1. The van der Waals surface area contributed by atoms with E-state index in [1.807, 2.05) is 24.3 Å². The third kappa shape index (κ3) is 8.65. The first-order chi connectivity index (χ1) is 18.3. The first-order valence-corrected chi connectivity index (χ1v) is 14.6. The van der Waals surface area contributed by atoms with Crippen molar-refractivity contribution in [2.24, 2.45) is 0 Å². The maximum atomic E-state index is 13.7. The van der Waals surface area contributed by atoms with Crippen LogP contribution in [0.2, 0.25) is 5.02 Å². The van der Waals surface area contributed by atoms with Gasteiger partial charge in [0.2, 0.25) is 10.0 Å². The topological polar surface area (TPSA) is 93.0 Å². The average molecular weight is 595 g/mol. The molecule has 1 saturated heterocycles. The van der Waals surface area contributed by atoms with Crippen molar-refractivity contribution in [1.82, 2.24) is 9.21 Å². The van der Waals surface area contributed by atoms with E-state index in [0.29, 0.717) is 22.9 Å². The third-order valence-corrected chi connectivity index (χ3v) is 8.66. The van der Waals surface area contributed by atoms with Crippen molar-refractivity contribution in [3.05, 3.63) is 99.1 Å². The van der Waals surface area contributed by atoms with Crippen molar-refractivity contribution in [1.29, 1.82) is 0 Å². The zero-order valence-electron chi connectivity index (χ0n) is 21.6. The summed E-state index contributed by atoms with van der Waals surface area (Å²) in [4.78, 5) is 13.1. The van der Waals surface area contributed by atoms with Gasteiger partial charge in [-0.15, -0.1) is 12.4 Å². The molecule has 4 rings (SSSR count). The number of rotatable bonds is 12. The van der Waals surface area contributed by atoms with Crippen molar-refractivity contribution in [3.8, 4) is 5.75 Å². The lowest BCUT2D eigenvalue weighted by Crippen LogP contribution is -2.31. The number of ether oxygens (including phenoxy) is 1. The lowest BCUT2D eigenvalue weighted by Gasteiger charge is -2.26. The Hall–Kier alpha value is -2.69. The minimum Gasteiger partial charge on any atom is -0.493 e. The molecule has 0 aromatic heterocycles. The highest BCUT2D eigenvalue weighted by Crippen LogP contribution is 2.27. The monoisotopic (exact) mass is 593 g/mol. The Labute approximate surface area is 241 Å². The van der Waals surface area contributed by atoms with Gasteiger partial charge in [0, 0.05) is 42.4 Å². The molecule has 0 radical (unpaired) electrons. The minimum atomic E-state index is -3.92. The van der Waals surface area contributed by atoms with Crippen LogP contribution in [-0.4, -0.2) is 48.8 Å². The van der Waals surface area contributed by atoms with Gasteiger partial charge in [-0.25, -0.2) is 8.42 Å². The van der Waals surface area contributed by atoms with Gasteiger partial charge in [0.25, 0.3) is 5.69 Å². The summed E-state index contributed by atoms with van der Waals surface area (Å²) < 4.78 is 34.9. The molecule has 0 bridgehead atoms. The predicted molar refractivity (Wildman–Crippen MR) is 155 cm³/mol. The fourth-order valence-corrected chi connectivity index (χ4v) is 6.06. The van der Waals surface area contributed by atoms with Crippen LogP contribution < -0.4 is 4.74 Å². The number of nitro benzene ring substituents is 1. The molecule has 0 atom stereocenters. The highest BCUT2D eigenvalue weighted by molar-refractivity contribution is 7.89. The summed E-state index contributed by atoms with van der Waals surface area (Å²) in [7, 11) is -3.92. The van der Waals surface area contributed by atoms with Gasteiger partial charge in [0.15, 0.2) is 0 Å². The Balaban J connectivity index is 0.00000420. The number of hydrogen-bond acceptors (Lipinski definition) is 6. The summed E-state index contributed by atoms with van der Waals surface area (Å²) in [6.07, 6.45) is 4.69. The Kier molecular flexibility index (Phi) is 11.6. The summed E-state index contributed by atoms with van der Waals surface area (Å²) in [6.45, 7) is 3.91. The molecular weight excluding hydrogens is 561 g/mol. The summed E-state index contributed by atoms with van der Waals surface area (Å²) in [5.41, 5.74) is 1.32. The third-order valence-electron chi connectivity index (χ3n) is 6.60. The summed E-state index contributed by atoms with van der Waals surface area (Å²) in [5, 5.41) is 11.5. The minimum absolute atomic E-state index is 0. The van der Waals surface area contributed by atoms with Crippen LogP contribution in [0.3, 0.4) is 0 Å². The van der Waals surface area contributed by atoms with Gasteiger partial charge < -0.3 is 9.64 Å². The molecule has 1 aliphatic rings. The van der Waals surface area contributed by atoms with Crippen LogP contribution in [0.15, 0.2) is 77.7 Å². The van der Waals surface area contributed by atoms with Crippen LogP contribution in [0.1, 0.15) is 36.8 Å². The number of hydrogen-bond donors (Lipinski definition) is 0. The lowest BCUT2D eigenvalue weighted by atomic mass is 10.1. The van der Waals surface area contributed by atoms with Gasteiger partial charge in [-0.2, -0.15) is 4.31 Å². The fraction of sp³-hybridized carbons (Fsp3) is 0.357. The number of halogens is 2. The number of likely N-dealkylation sites (tertiary alicyclic amines) is 1. The number of nitro groups is 1. The van der Waals surface area contributed by atoms with Crippen molar-refractivity contribution in [3.63, 3.8) is 0 Å². The summed E-state index contributed by atoms with van der Waals surface area (Å²) >= 11 is 5.99. The first-order valence-electron chi connectivity index (χ1n) is 12.7. The predicted octanol–water partition coefficient (Wildman–Crippen LogP) is 6.32. The molecule has 0 amide bonds. The maximum Gasteiger partial charge on any atom is 0.269 e. The lowest BCUT2D eigenvalue weighted by molar-refractivity contribution is -0.384. The summed E-state index contributed by atoms with van der Waals surface area (Å²) in [5.74, 6) is 0.645. The van der Waals surface area contributed by atoms with Crippen LogP contribution in [-0.2, 0) is 23.1 Å². The number of para-hydroxylation sites is 1. The number of piperidine rings is 1. The van der Waals surface area contributed by atoms with Crippen LogP contribution in [0.25, 0.3) is 0 Å². The van der Waals surface area contributed by atoms with E-state index in [1.54, 1.807) is 12.1 Å². The molecule has 3 aromatic rings. The number of non-ortho nitro benzene ring substituents is 1. The smallest absolute Gasteiger partial charge is 0.269 e. The molecule has 8 nitrogen and oxygen atoms in total. The molecule has 0 N–H and O–H groups in total. The van der Waals surface area contributed by atoms with E-state index in [4.69, 9.17) is 16.3 Å². The van der Waals surface area contributed by atoms with E-state index < -0.39 is 14.9 Å². The van der Waals surface area contributed by atoms with E-state index >= 15 is 0 Å². The van der Waals surface area contributed by atoms with Gasteiger partial charge in [-0.1, -0.05) is 48.4 Å². The molecule has 0 spiro atoms. The van der Waals surface area contributed by atoms with Crippen LogP contribution in [0.5, 0.6) is 5.75 Å². The fourth-order valence-electron chi connectivity index (χ4n) is 4.53. The Morgan fingerprint density at radius 3 is 2.26 bits per heavy atom. The van der Waals surface area contributed by atoms with Crippen molar-refractivity contribution >= 4 is 39.7 Å². The molecule has 0 aliphatic carbocycles. The van der Waals surface area contributed by atoms with Crippen LogP contribution in [0, 0.1) is 10.1 Å². The zero-order chi connectivity index (χ0) is 27.0. The van der Waals surface area contributed by atoms with E-state index in [9.17, 15) is 18.5 Å². The van der Waals surface area contributed by atoms with E-state index in [0.717, 1.165) is 31.6 Å². The summed E-state index contributed by atoms with van der Waals surface area (Å²) in [6, 6.07) is 19.4. The van der Waals surface area contributed by atoms with E-state index in [1.165, 1.54) is 60.0 Å². The van der Waals surface area contributed by atoms with Gasteiger partial charge in [-0.3, -0.25) is 10.1 Å². The molecule has 11 heteroatoms. The van der Waals surface area contributed by atoms with Gasteiger partial charge >= 0.3 is 0 Å². The molecule has 1 aliphatic heterocycles. The quantitative estimate of drug-likeness (QED) is 0.139. The second-order valence-electron chi connectivity index (χ2n) is 9.36. The van der Waals surface area contributed by atoms with E-state index in [-0.39, 0.29) is 36.1 Å². The van der Waals surface area contributed by atoms with Crippen molar-refractivity contribution < 1.29 is 18.1 Å². The van der Waals surface area contributed by atoms with Crippen LogP contribution in [0.4, 0.5) is 5.69 Å². The second kappa shape index (κ2) is 14.6. The van der Waals surface area contributed by atoms with Crippen molar-refractivity contribution in [2.45, 2.75) is 43.7 Å². The highest BCUT2D eigenvalue weighted by atomic mass is 35.5. The Bertz CT molecular complexity index is 1320. The molecule has 1 heterocycles.